The van der Waals surface area contributed by atoms with Gasteiger partial charge in [-0.15, -0.1) is 11.3 Å². The fourth-order valence-electron chi connectivity index (χ4n) is 2.95. The van der Waals surface area contributed by atoms with Gasteiger partial charge in [0.2, 0.25) is 0 Å². The van der Waals surface area contributed by atoms with E-state index in [0.29, 0.717) is 0 Å². The van der Waals surface area contributed by atoms with Crippen LogP contribution in [0.2, 0.25) is 0 Å². The first-order chi connectivity index (χ1) is 8.72. The SMILES string of the molecule is CCCNC1(c2nc(CC)c(C)s2)CCCCC1. The van der Waals surface area contributed by atoms with Crippen molar-refractivity contribution in [1.29, 1.82) is 0 Å². The molecule has 1 N–H and O–H groups in total. The summed E-state index contributed by atoms with van der Waals surface area (Å²) in [5.74, 6) is 0. The molecule has 1 aliphatic rings. The van der Waals surface area contributed by atoms with Crippen LogP contribution in [0.25, 0.3) is 0 Å². The van der Waals surface area contributed by atoms with Gasteiger partial charge in [-0.05, 0) is 39.2 Å². The van der Waals surface area contributed by atoms with Gasteiger partial charge in [0, 0.05) is 4.88 Å². The molecule has 0 spiro atoms. The Morgan fingerprint density at radius 1 is 1.22 bits per heavy atom. The fraction of sp³-hybridized carbons (Fsp3) is 0.800. The Bertz CT molecular complexity index is 378. The van der Waals surface area contributed by atoms with Crippen molar-refractivity contribution in [1.82, 2.24) is 10.3 Å². The van der Waals surface area contributed by atoms with Crippen LogP contribution in [0.4, 0.5) is 0 Å². The summed E-state index contributed by atoms with van der Waals surface area (Å²) in [6.45, 7) is 7.78. The van der Waals surface area contributed by atoms with Gasteiger partial charge in [0.1, 0.15) is 5.01 Å². The zero-order valence-corrected chi connectivity index (χ0v) is 12.8. The Hall–Kier alpha value is -0.410. The van der Waals surface area contributed by atoms with Crippen molar-refractivity contribution in [3.63, 3.8) is 0 Å². The molecule has 0 atom stereocenters. The van der Waals surface area contributed by atoms with E-state index >= 15 is 0 Å². The molecule has 0 amide bonds. The zero-order valence-electron chi connectivity index (χ0n) is 12.0. The first-order valence-corrected chi connectivity index (χ1v) is 8.25. The predicted octanol–water partition coefficient (Wildman–Crippen LogP) is 4.17. The van der Waals surface area contributed by atoms with Gasteiger partial charge in [0.15, 0.2) is 0 Å². The molecule has 0 aliphatic heterocycles. The van der Waals surface area contributed by atoms with Crippen LogP contribution in [-0.4, -0.2) is 11.5 Å². The maximum atomic E-state index is 4.93. The molecule has 0 unspecified atom stereocenters. The molecule has 1 aliphatic carbocycles. The van der Waals surface area contributed by atoms with Gasteiger partial charge in [-0.25, -0.2) is 4.98 Å². The number of nitrogens with one attached hydrogen (secondary N) is 1. The Labute approximate surface area is 115 Å². The number of aryl methyl sites for hydroxylation is 2. The van der Waals surface area contributed by atoms with E-state index in [1.807, 2.05) is 11.3 Å². The van der Waals surface area contributed by atoms with E-state index in [2.05, 4.69) is 26.1 Å². The Morgan fingerprint density at radius 3 is 2.50 bits per heavy atom. The molecule has 0 saturated heterocycles. The maximum absolute atomic E-state index is 4.93. The van der Waals surface area contributed by atoms with E-state index in [4.69, 9.17) is 4.98 Å². The molecular formula is C15H26N2S. The van der Waals surface area contributed by atoms with Crippen LogP contribution < -0.4 is 5.32 Å². The summed E-state index contributed by atoms with van der Waals surface area (Å²) in [6.07, 6.45) is 8.87. The van der Waals surface area contributed by atoms with Gasteiger partial charge >= 0.3 is 0 Å². The van der Waals surface area contributed by atoms with E-state index in [-0.39, 0.29) is 5.54 Å². The van der Waals surface area contributed by atoms with Crippen LogP contribution >= 0.6 is 11.3 Å². The van der Waals surface area contributed by atoms with Gasteiger partial charge in [0.05, 0.1) is 11.2 Å². The fourth-order valence-corrected chi connectivity index (χ4v) is 4.17. The van der Waals surface area contributed by atoms with Crippen molar-refractivity contribution in [2.75, 3.05) is 6.54 Å². The molecule has 1 aromatic heterocycles. The molecule has 2 rings (SSSR count). The number of nitrogens with zero attached hydrogens (tertiary/aromatic N) is 1. The molecule has 1 heterocycles. The van der Waals surface area contributed by atoms with Gasteiger partial charge < -0.3 is 5.32 Å². The largest absolute Gasteiger partial charge is 0.305 e. The van der Waals surface area contributed by atoms with Gasteiger partial charge in [-0.3, -0.25) is 0 Å². The predicted molar refractivity (Wildman–Crippen MR) is 79.3 cm³/mol. The van der Waals surface area contributed by atoms with E-state index in [9.17, 15) is 0 Å². The number of thiazole rings is 1. The first-order valence-electron chi connectivity index (χ1n) is 7.43. The summed E-state index contributed by atoms with van der Waals surface area (Å²) in [7, 11) is 0. The van der Waals surface area contributed by atoms with Crippen LogP contribution in [0.5, 0.6) is 0 Å². The van der Waals surface area contributed by atoms with Crippen molar-refractivity contribution >= 4 is 11.3 Å². The minimum atomic E-state index is 0.192. The summed E-state index contributed by atoms with van der Waals surface area (Å²) < 4.78 is 0. The van der Waals surface area contributed by atoms with Crippen LogP contribution in [0, 0.1) is 6.92 Å². The van der Waals surface area contributed by atoms with E-state index in [0.717, 1.165) is 13.0 Å². The third-order valence-electron chi connectivity index (χ3n) is 4.06. The lowest BCUT2D eigenvalue weighted by Gasteiger charge is -2.36. The lowest BCUT2D eigenvalue weighted by Crippen LogP contribution is -2.44. The highest BCUT2D eigenvalue weighted by atomic mass is 32.1. The summed E-state index contributed by atoms with van der Waals surface area (Å²) in [6, 6.07) is 0. The zero-order chi connectivity index (χ0) is 13.0. The molecular weight excluding hydrogens is 240 g/mol. The molecule has 102 valence electrons. The first kappa shape index (κ1) is 14.0. The van der Waals surface area contributed by atoms with Crippen molar-refractivity contribution in [2.24, 2.45) is 0 Å². The Balaban J connectivity index is 2.26. The highest BCUT2D eigenvalue weighted by molar-refractivity contribution is 7.11. The monoisotopic (exact) mass is 266 g/mol. The Morgan fingerprint density at radius 2 is 1.94 bits per heavy atom. The van der Waals surface area contributed by atoms with E-state index in [1.165, 1.54) is 54.1 Å². The lowest BCUT2D eigenvalue weighted by atomic mass is 9.82. The van der Waals surface area contributed by atoms with Crippen LogP contribution in [0.3, 0.4) is 0 Å². The smallest absolute Gasteiger partial charge is 0.113 e. The summed E-state index contributed by atoms with van der Waals surface area (Å²) in [4.78, 5) is 6.35. The third-order valence-corrected chi connectivity index (χ3v) is 5.27. The number of aromatic nitrogens is 1. The highest BCUT2D eigenvalue weighted by Gasteiger charge is 2.36. The average Bonchev–Trinajstić information content (AvgIpc) is 2.79. The second-order valence-electron chi connectivity index (χ2n) is 5.44. The number of hydrogen-bond acceptors (Lipinski definition) is 3. The van der Waals surface area contributed by atoms with Crippen molar-refractivity contribution in [3.05, 3.63) is 15.6 Å². The second kappa shape index (κ2) is 6.16. The normalized spacial score (nSPS) is 19.1. The van der Waals surface area contributed by atoms with Gasteiger partial charge in [-0.1, -0.05) is 33.1 Å². The molecule has 1 saturated carbocycles. The van der Waals surface area contributed by atoms with Crippen LogP contribution in [-0.2, 0) is 12.0 Å². The number of rotatable bonds is 5. The second-order valence-corrected chi connectivity index (χ2v) is 6.65. The third kappa shape index (κ3) is 2.77. The topological polar surface area (TPSA) is 24.9 Å². The maximum Gasteiger partial charge on any atom is 0.113 e. The van der Waals surface area contributed by atoms with E-state index in [1.54, 1.807) is 0 Å². The molecule has 0 aromatic carbocycles. The van der Waals surface area contributed by atoms with E-state index < -0.39 is 0 Å². The quantitative estimate of drug-likeness (QED) is 0.865. The minimum absolute atomic E-state index is 0.192. The molecule has 1 fully saturated rings. The molecule has 0 bridgehead atoms. The Kier molecular flexibility index (Phi) is 4.79. The van der Waals surface area contributed by atoms with Crippen molar-refractivity contribution < 1.29 is 0 Å². The van der Waals surface area contributed by atoms with Crippen molar-refractivity contribution in [3.8, 4) is 0 Å². The van der Waals surface area contributed by atoms with Crippen LogP contribution in [0.15, 0.2) is 0 Å². The summed E-state index contributed by atoms with van der Waals surface area (Å²) >= 11 is 1.92. The average molecular weight is 266 g/mol. The summed E-state index contributed by atoms with van der Waals surface area (Å²) in [5.41, 5.74) is 1.50. The number of hydrogen-bond donors (Lipinski definition) is 1. The standard InChI is InChI=1S/C15H26N2S/c1-4-11-16-15(9-7-6-8-10-15)14-17-13(5-2)12(3)18-14/h16H,4-11H2,1-3H3. The lowest BCUT2D eigenvalue weighted by molar-refractivity contribution is 0.233. The van der Waals surface area contributed by atoms with Crippen LogP contribution in [0.1, 0.15) is 68.0 Å². The van der Waals surface area contributed by atoms with Crippen molar-refractivity contribution in [2.45, 2.75) is 71.3 Å². The molecule has 3 heteroatoms. The molecule has 1 aromatic rings. The summed E-state index contributed by atoms with van der Waals surface area (Å²) in [5, 5.41) is 5.17. The minimum Gasteiger partial charge on any atom is -0.305 e. The highest BCUT2D eigenvalue weighted by Crippen LogP contribution is 2.39. The molecule has 0 radical (unpaired) electrons. The van der Waals surface area contributed by atoms with Gasteiger partial charge in [0.25, 0.3) is 0 Å². The van der Waals surface area contributed by atoms with Gasteiger partial charge in [-0.2, -0.15) is 0 Å². The molecule has 18 heavy (non-hydrogen) atoms. The molecule has 2 nitrogen and oxygen atoms in total.